The Morgan fingerprint density at radius 1 is 0.862 bits per heavy atom. The summed E-state index contributed by atoms with van der Waals surface area (Å²) in [6.07, 6.45) is 10.4. The van der Waals surface area contributed by atoms with Crippen molar-refractivity contribution in [1.82, 2.24) is 24.8 Å². The Morgan fingerprint density at radius 2 is 1.59 bits per heavy atom. The number of ether oxygens (including phenoxy) is 1. The molecule has 2 aliphatic carbocycles. The molecular formula is C44H56F2N8O4. The van der Waals surface area contributed by atoms with E-state index in [9.17, 15) is 23.2 Å². The summed E-state index contributed by atoms with van der Waals surface area (Å²) >= 11 is 0. The standard InChI is InChI=1S/C44H56F2N8O4/c1-30-26-39(55)54(35-11-9-10-33(27-35)49-42(57)31-12-13-31)40-36(30)29-48-43(51-40)50-37-15-14-34(28-38(37)58-2)53-24-22-52(23-25-53)21-8-6-4-3-5-7-20-47-41(56)32-16-18-44(45,46)19-17-32/h9-11,14-15,26-29,31-32H,3-8,12-13,16-25H2,1-2H3,(H,47,56)(H,49,57)(H,48,50,51). The van der Waals surface area contributed by atoms with Gasteiger partial charge in [0, 0.05) is 92.5 Å². The van der Waals surface area contributed by atoms with Crippen molar-refractivity contribution in [2.75, 3.05) is 61.9 Å². The minimum Gasteiger partial charge on any atom is -0.494 e. The van der Waals surface area contributed by atoms with Gasteiger partial charge in [-0.15, -0.1) is 0 Å². The number of fused-ring (bicyclic) bond motifs is 1. The molecule has 7 rings (SSSR count). The molecule has 2 saturated carbocycles. The van der Waals surface area contributed by atoms with Gasteiger partial charge in [-0.25, -0.2) is 13.8 Å². The van der Waals surface area contributed by atoms with Crippen LogP contribution in [0.4, 0.5) is 31.8 Å². The second-order valence-corrected chi connectivity index (χ2v) is 16.1. The van der Waals surface area contributed by atoms with Crippen LogP contribution in [0.3, 0.4) is 0 Å². The van der Waals surface area contributed by atoms with E-state index >= 15 is 0 Å². The third kappa shape index (κ3) is 10.5. The molecule has 3 aliphatic rings. The lowest BCUT2D eigenvalue weighted by Gasteiger charge is -2.36. The molecule has 2 aromatic carbocycles. The van der Waals surface area contributed by atoms with Crippen molar-refractivity contribution in [1.29, 1.82) is 0 Å². The number of benzene rings is 2. The Bertz CT molecular complexity index is 2120. The fourth-order valence-electron chi connectivity index (χ4n) is 8.03. The van der Waals surface area contributed by atoms with Gasteiger partial charge in [0.05, 0.1) is 18.5 Å². The molecule has 58 heavy (non-hydrogen) atoms. The van der Waals surface area contributed by atoms with Crippen molar-refractivity contribution in [2.45, 2.75) is 89.9 Å². The van der Waals surface area contributed by atoms with E-state index in [2.05, 4.69) is 36.8 Å². The van der Waals surface area contributed by atoms with Crippen LogP contribution in [0.2, 0.25) is 0 Å². The van der Waals surface area contributed by atoms with Crippen molar-refractivity contribution in [3.05, 3.63) is 70.6 Å². The quantitative estimate of drug-likeness (QED) is 0.0925. The number of methoxy groups -OCH3 is 1. The smallest absolute Gasteiger partial charge is 0.257 e. The van der Waals surface area contributed by atoms with E-state index < -0.39 is 5.92 Å². The first-order valence-corrected chi connectivity index (χ1v) is 21.0. The van der Waals surface area contributed by atoms with E-state index in [4.69, 9.17) is 9.72 Å². The second-order valence-electron chi connectivity index (χ2n) is 16.1. The number of anilines is 4. The van der Waals surface area contributed by atoms with Gasteiger partial charge in [-0.3, -0.25) is 23.9 Å². The molecule has 3 heterocycles. The van der Waals surface area contributed by atoms with Crippen molar-refractivity contribution < 1.29 is 23.1 Å². The first-order chi connectivity index (χ1) is 28.1. The fourth-order valence-corrected chi connectivity index (χ4v) is 8.03. The maximum Gasteiger partial charge on any atom is 0.257 e. The highest BCUT2D eigenvalue weighted by atomic mass is 19.3. The summed E-state index contributed by atoms with van der Waals surface area (Å²) in [7, 11) is 1.64. The molecule has 0 atom stereocenters. The number of amides is 2. The summed E-state index contributed by atoms with van der Waals surface area (Å²) in [5.74, 6) is -1.88. The molecular weight excluding hydrogens is 743 g/mol. The average molecular weight is 799 g/mol. The maximum absolute atomic E-state index is 13.4. The topological polar surface area (TPSA) is 134 Å². The SMILES string of the molecule is COc1cc(N2CCN(CCCCCCCCNC(=O)C3CCC(F)(F)CC3)CC2)ccc1Nc1ncc2c(C)cc(=O)n(-c3cccc(NC(=O)C4CC4)c3)c2n1. The zero-order valence-electron chi connectivity index (χ0n) is 33.7. The van der Waals surface area contributed by atoms with Gasteiger partial charge in [0.25, 0.3) is 5.56 Å². The lowest BCUT2D eigenvalue weighted by atomic mass is 9.86. The number of alkyl halides is 2. The number of carbonyl (C=O) groups excluding carboxylic acids is 2. The number of hydrogen-bond acceptors (Lipinski definition) is 9. The van der Waals surface area contributed by atoms with Crippen LogP contribution in [0.25, 0.3) is 16.7 Å². The predicted octanol–water partition coefficient (Wildman–Crippen LogP) is 7.59. The Kier molecular flexibility index (Phi) is 13.2. The maximum atomic E-state index is 13.4. The lowest BCUT2D eigenvalue weighted by Crippen LogP contribution is -2.46. The lowest BCUT2D eigenvalue weighted by molar-refractivity contribution is -0.129. The van der Waals surface area contributed by atoms with Crippen LogP contribution in [0.15, 0.2) is 59.5 Å². The van der Waals surface area contributed by atoms with Gasteiger partial charge in [0.15, 0.2) is 5.65 Å². The van der Waals surface area contributed by atoms with Crippen molar-refractivity contribution in [3.63, 3.8) is 0 Å². The number of nitrogens with zero attached hydrogens (tertiary/aromatic N) is 5. The molecule has 1 saturated heterocycles. The number of rotatable bonds is 17. The van der Waals surface area contributed by atoms with Gasteiger partial charge in [-0.05, 0) is 87.9 Å². The van der Waals surface area contributed by atoms with E-state index in [-0.39, 0.29) is 54.9 Å². The molecule has 0 spiro atoms. The normalized spacial score (nSPS) is 17.3. The molecule has 12 nitrogen and oxygen atoms in total. The van der Waals surface area contributed by atoms with Crippen LogP contribution in [0, 0.1) is 18.8 Å². The average Bonchev–Trinajstić information content (AvgIpc) is 4.07. The first-order valence-electron chi connectivity index (χ1n) is 21.0. The van der Waals surface area contributed by atoms with Gasteiger partial charge in [0.2, 0.25) is 23.7 Å². The molecule has 1 aliphatic heterocycles. The van der Waals surface area contributed by atoms with Crippen LogP contribution < -0.4 is 31.1 Å². The molecule has 2 amide bonds. The summed E-state index contributed by atoms with van der Waals surface area (Å²) in [5.41, 5.74) is 4.00. The molecule has 4 aromatic rings. The van der Waals surface area contributed by atoms with Gasteiger partial charge in [-0.2, -0.15) is 4.98 Å². The molecule has 0 bridgehead atoms. The molecule has 0 unspecified atom stereocenters. The van der Waals surface area contributed by atoms with Crippen LogP contribution >= 0.6 is 0 Å². The van der Waals surface area contributed by atoms with Crippen LogP contribution in [0.5, 0.6) is 5.75 Å². The zero-order valence-corrected chi connectivity index (χ0v) is 33.7. The number of aryl methyl sites for hydroxylation is 1. The number of carbonyl (C=O) groups is 2. The Hall–Kier alpha value is -5.11. The Balaban J connectivity index is 0.869. The largest absolute Gasteiger partial charge is 0.494 e. The van der Waals surface area contributed by atoms with Gasteiger partial charge in [0.1, 0.15) is 5.75 Å². The van der Waals surface area contributed by atoms with Crippen LogP contribution in [-0.4, -0.2) is 83.6 Å². The molecule has 3 N–H and O–H groups in total. The molecule has 14 heteroatoms. The number of nitrogens with one attached hydrogen (secondary N) is 3. The second kappa shape index (κ2) is 18.6. The Morgan fingerprint density at radius 3 is 2.33 bits per heavy atom. The van der Waals surface area contributed by atoms with Gasteiger partial charge < -0.3 is 25.6 Å². The fraction of sp³-hybridized carbons (Fsp3) is 0.523. The predicted molar refractivity (Wildman–Crippen MR) is 224 cm³/mol. The number of piperazine rings is 1. The highest BCUT2D eigenvalue weighted by Gasteiger charge is 2.37. The summed E-state index contributed by atoms with van der Waals surface area (Å²) < 4.78 is 34.1. The number of hydrogen-bond donors (Lipinski definition) is 3. The third-order valence-corrected chi connectivity index (χ3v) is 11.7. The molecule has 0 radical (unpaired) electrons. The van der Waals surface area contributed by atoms with Crippen molar-refractivity contribution in [2.24, 2.45) is 11.8 Å². The monoisotopic (exact) mass is 798 g/mol. The minimum absolute atomic E-state index is 0.000379. The van der Waals surface area contributed by atoms with Crippen molar-refractivity contribution >= 4 is 45.9 Å². The van der Waals surface area contributed by atoms with E-state index in [1.54, 1.807) is 30.0 Å². The number of unbranched alkanes of at least 4 members (excludes halogenated alkanes) is 5. The number of halogens is 2. The zero-order chi connectivity index (χ0) is 40.6. The summed E-state index contributed by atoms with van der Waals surface area (Å²) in [5, 5.41) is 9.97. The molecule has 2 aromatic heterocycles. The highest BCUT2D eigenvalue weighted by Crippen LogP contribution is 2.36. The van der Waals surface area contributed by atoms with E-state index in [0.29, 0.717) is 41.0 Å². The van der Waals surface area contributed by atoms with E-state index in [1.165, 1.54) is 12.8 Å². The van der Waals surface area contributed by atoms with Crippen LogP contribution in [0.1, 0.15) is 82.6 Å². The Labute approximate surface area is 338 Å². The highest BCUT2D eigenvalue weighted by molar-refractivity contribution is 5.94. The van der Waals surface area contributed by atoms with Crippen LogP contribution in [-0.2, 0) is 9.59 Å². The third-order valence-electron chi connectivity index (χ3n) is 11.7. The van der Waals surface area contributed by atoms with Gasteiger partial charge in [-0.1, -0.05) is 31.7 Å². The summed E-state index contributed by atoms with van der Waals surface area (Å²) in [4.78, 5) is 52.4. The molecule has 3 fully saturated rings. The molecule has 310 valence electrons. The summed E-state index contributed by atoms with van der Waals surface area (Å²) in [6.45, 7) is 7.39. The van der Waals surface area contributed by atoms with E-state index in [0.717, 1.165) is 87.9 Å². The van der Waals surface area contributed by atoms with E-state index in [1.807, 2.05) is 37.3 Å². The number of pyridine rings is 1. The minimum atomic E-state index is -2.60. The number of aromatic nitrogens is 3. The summed E-state index contributed by atoms with van der Waals surface area (Å²) in [6, 6.07) is 14.9. The first kappa shape index (κ1) is 41.1. The van der Waals surface area contributed by atoms with Crippen molar-refractivity contribution in [3.8, 4) is 11.4 Å². The van der Waals surface area contributed by atoms with Gasteiger partial charge >= 0.3 is 0 Å².